The van der Waals surface area contributed by atoms with Gasteiger partial charge in [0.05, 0.1) is 60.8 Å². The molecule has 3 heterocycles. The van der Waals surface area contributed by atoms with Crippen LogP contribution in [0.2, 0.25) is 0 Å². The summed E-state index contributed by atoms with van der Waals surface area (Å²) in [4.78, 5) is 16.2. The van der Waals surface area contributed by atoms with Gasteiger partial charge in [0.2, 0.25) is 0 Å². The highest BCUT2D eigenvalue weighted by atomic mass is 31.2. The van der Waals surface area contributed by atoms with E-state index in [1.165, 1.54) is 31.4 Å². The zero-order valence-electron chi connectivity index (χ0n) is 22.3. The molecule has 2 aliphatic heterocycles. The highest BCUT2D eigenvalue weighted by Crippen LogP contribution is 2.62. The lowest BCUT2D eigenvalue weighted by Gasteiger charge is -2.46. The van der Waals surface area contributed by atoms with Gasteiger partial charge < -0.3 is 14.1 Å². The predicted octanol–water partition coefficient (Wildman–Crippen LogP) is 4.51. The number of nitriles is 1. The van der Waals surface area contributed by atoms with E-state index >= 15 is 4.39 Å². The van der Waals surface area contributed by atoms with Crippen molar-refractivity contribution in [2.24, 2.45) is 9.74 Å². The fraction of sp³-hybridized carbons (Fsp3) is 0.346. The fourth-order valence-electron chi connectivity index (χ4n) is 5.03. The lowest BCUT2D eigenvalue weighted by Crippen LogP contribution is -2.45. The van der Waals surface area contributed by atoms with Crippen molar-refractivity contribution in [1.82, 2.24) is 19.1 Å². The highest BCUT2D eigenvalue weighted by molar-refractivity contribution is 7.70. The molecule has 0 saturated carbocycles. The number of rotatable bonds is 7. The van der Waals surface area contributed by atoms with Crippen LogP contribution in [0.15, 0.2) is 52.2 Å². The van der Waals surface area contributed by atoms with E-state index in [0.717, 1.165) is 5.30 Å². The summed E-state index contributed by atoms with van der Waals surface area (Å²) in [5.74, 6) is 0.732. The van der Waals surface area contributed by atoms with E-state index in [2.05, 4.69) is 10.7 Å². The molecule has 2 aliphatic rings. The Kier molecular flexibility index (Phi) is 7.67. The molecule has 0 radical (unpaired) electrons. The van der Waals surface area contributed by atoms with Crippen molar-refractivity contribution in [2.75, 3.05) is 40.5 Å². The molecule has 1 fully saturated rings. The Labute approximate surface area is 230 Å². The van der Waals surface area contributed by atoms with Crippen LogP contribution < -0.4 is 10.0 Å². The first kappa shape index (κ1) is 27.5. The second kappa shape index (κ2) is 11.2. The van der Waals surface area contributed by atoms with Gasteiger partial charge in [-0.15, -0.1) is 0 Å². The van der Waals surface area contributed by atoms with Crippen LogP contribution in [0.3, 0.4) is 0 Å². The molecule has 0 aliphatic carbocycles. The molecular formula is C26H28FN8O4P. The van der Waals surface area contributed by atoms with E-state index < -0.39 is 18.1 Å². The standard InChI is InChI=1S/C26H28FN8O4P/c1-18-24-26(34(30-18)12-6-11-28)29-25(20-7-4-5-8-21(20)27)32(2)40(24,33-13-15-39-16-14-33)31-22-17-19(35(36)37)9-10-23(22)38-3/h4-5,7-10,17H,6,12-16H2,1-3H3/t40-/m0/s1. The molecule has 0 spiro atoms. The minimum absolute atomic E-state index is 0.135. The quantitative estimate of drug-likeness (QED) is 0.232. The number of morpholine rings is 1. The third-order valence-corrected chi connectivity index (χ3v) is 10.7. The second-order valence-corrected chi connectivity index (χ2v) is 12.1. The molecule has 40 heavy (non-hydrogen) atoms. The van der Waals surface area contributed by atoms with Crippen LogP contribution in [0.1, 0.15) is 17.7 Å². The number of amidine groups is 1. The Morgan fingerprint density at radius 2 is 2.02 bits per heavy atom. The van der Waals surface area contributed by atoms with Crippen LogP contribution in [0.25, 0.3) is 0 Å². The summed E-state index contributed by atoms with van der Waals surface area (Å²) in [6, 6.07) is 12.8. The fourth-order valence-corrected chi connectivity index (χ4v) is 8.86. The largest absolute Gasteiger partial charge is 0.494 e. The van der Waals surface area contributed by atoms with Crippen LogP contribution >= 0.6 is 7.36 Å². The molecule has 0 N–H and O–H groups in total. The first-order chi connectivity index (χ1) is 19.3. The minimum atomic E-state index is -3.10. The third kappa shape index (κ3) is 4.64. The van der Waals surface area contributed by atoms with Crippen molar-refractivity contribution in [3.63, 3.8) is 0 Å². The molecule has 1 atom stereocenters. The maximum Gasteiger partial charge on any atom is 0.271 e. The number of hydrogen-bond donors (Lipinski definition) is 0. The molecule has 1 saturated heterocycles. The molecule has 208 valence electrons. The number of benzene rings is 2. The van der Waals surface area contributed by atoms with Gasteiger partial charge in [0.15, 0.2) is 13.2 Å². The number of methoxy groups -OCH3 is 1. The topological polar surface area (TPSA) is 134 Å². The van der Waals surface area contributed by atoms with Gasteiger partial charge >= 0.3 is 0 Å². The van der Waals surface area contributed by atoms with Gasteiger partial charge in [0.1, 0.15) is 23.1 Å². The van der Waals surface area contributed by atoms with Gasteiger partial charge in [0.25, 0.3) is 5.69 Å². The van der Waals surface area contributed by atoms with E-state index in [-0.39, 0.29) is 29.9 Å². The number of nitrogens with zero attached hydrogens (tertiary/aromatic N) is 8. The van der Waals surface area contributed by atoms with Gasteiger partial charge in [-0.1, -0.05) is 12.1 Å². The molecule has 3 aromatic rings. The number of non-ortho nitro benzene ring substituents is 1. The molecule has 1 aromatic heterocycles. The number of halogens is 1. The predicted molar refractivity (Wildman–Crippen MR) is 148 cm³/mol. The number of nitro groups is 1. The Bertz CT molecular complexity index is 1590. The van der Waals surface area contributed by atoms with Crippen LogP contribution in [-0.2, 0) is 11.3 Å². The number of aromatic nitrogens is 2. The summed E-state index contributed by atoms with van der Waals surface area (Å²) in [6.45, 7) is 4.04. The normalized spacial score (nSPS) is 19.0. The number of hydrogen-bond acceptors (Lipinski definition) is 8. The first-order valence-corrected chi connectivity index (χ1v) is 14.3. The molecule has 12 nitrogen and oxygen atoms in total. The Hall–Kier alpha value is -4.11. The zero-order chi connectivity index (χ0) is 28.4. The smallest absolute Gasteiger partial charge is 0.271 e. The number of aryl methyl sites for hydroxylation is 2. The maximum absolute atomic E-state index is 15.3. The Morgan fingerprint density at radius 1 is 1.27 bits per heavy atom. The van der Waals surface area contributed by atoms with Crippen molar-refractivity contribution in [1.29, 1.82) is 5.26 Å². The molecular weight excluding hydrogens is 538 g/mol. The van der Waals surface area contributed by atoms with Crippen molar-refractivity contribution in [3.8, 4) is 11.8 Å². The highest BCUT2D eigenvalue weighted by Gasteiger charge is 2.46. The van der Waals surface area contributed by atoms with Gasteiger partial charge in [-0.05, 0) is 25.1 Å². The van der Waals surface area contributed by atoms with E-state index in [9.17, 15) is 15.4 Å². The van der Waals surface area contributed by atoms with Gasteiger partial charge in [0, 0.05) is 32.3 Å². The summed E-state index contributed by atoms with van der Waals surface area (Å²) in [5.41, 5.74) is 1.08. The van der Waals surface area contributed by atoms with Crippen molar-refractivity contribution < 1.29 is 18.8 Å². The number of fused-ring (bicyclic) bond motifs is 1. The third-order valence-electron chi connectivity index (χ3n) is 6.86. The van der Waals surface area contributed by atoms with E-state index in [1.807, 2.05) is 18.6 Å². The molecule has 0 bridgehead atoms. The van der Waals surface area contributed by atoms with Crippen LogP contribution in [-0.4, -0.2) is 70.3 Å². The van der Waals surface area contributed by atoms with Crippen LogP contribution in [0.5, 0.6) is 5.75 Å². The van der Waals surface area contributed by atoms with Crippen LogP contribution in [0, 0.1) is 34.2 Å². The van der Waals surface area contributed by atoms with Crippen molar-refractivity contribution in [2.45, 2.75) is 19.9 Å². The molecule has 0 unspecified atom stereocenters. The average Bonchev–Trinajstić information content (AvgIpc) is 3.29. The van der Waals surface area contributed by atoms with Gasteiger partial charge in [-0.25, -0.2) is 23.5 Å². The number of ether oxygens (including phenoxy) is 2. The molecule has 2 aromatic carbocycles. The van der Waals surface area contributed by atoms with Crippen molar-refractivity contribution >= 4 is 35.7 Å². The van der Waals surface area contributed by atoms with E-state index in [1.54, 1.807) is 22.9 Å². The maximum atomic E-state index is 15.3. The Balaban J connectivity index is 1.90. The summed E-state index contributed by atoms with van der Waals surface area (Å²) >= 11 is 0. The number of aliphatic imine (C=N–C) groups is 1. The van der Waals surface area contributed by atoms with Gasteiger partial charge in [-0.3, -0.25) is 10.1 Å². The first-order valence-electron chi connectivity index (χ1n) is 12.6. The average molecular weight is 567 g/mol. The summed E-state index contributed by atoms with van der Waals surface area (Å²) in [6.07, 6.45) is 0.201. The van der Waals surface area contributed by atoms with Gasteiger partial charge in [-0.2, -0.15) is 10.4 Å². The minimum Gasteiger partial charge on any atom is -0.494 e. The zero-order valence-corrected chi connectivity index (χ0v) is 23.2. The number of nitro benzene ring substituents is 1. The SMILES string of the molecule is COc1ccc([N+](=O)[O-])cc1N=[P@@]1(N2CCOCC2)c2c(C)nn(CCC#N)c2N=C(c2ccccc2F)N1C. The lowest BCUT2D eigenvalue weighted by molar-refractivity contribution is -0.384. The Morgan fingerprint density at radius 3 is 2.70 bits per heavy atom. The van der Waals surface area contributed by atoms with Crippen molar-refractivity contribution in [3.05, 3.63) is 69.7 Å². The second-order valence-electron chi connectivity index (χ2n) is 9.18. The molecule has 5 rings (SSSR count). The molecule has 14 heteroatoms. The molecule has 0 amide bonds. The summed E-state index contributed by atoms with van der Waals surface area (Å²) in [7, 11) is 0.192. The van der Waals surface area contributed by atoms with E-state index in [4.69, 9.17) is 24.3 Å². The lowest BCUT2D eigenvalue weighted by atomic mass is 10.2. The summed E-state index contributed by atoms with van der Waals surface area (Å²) in [5, 5.41) is 26.5. The summed E-state index contributed by atoms with van der Waals surface area (Å²) < 4.78 is 37.6. The monoisotopic (exact) mass is 566 g/mol. The van der Waals surface area contributed by atoms with E-state index in [0.29, 0.717) is 49.4 Å². The van der Waals surface area contributed by atoms with Crippen LogP contribution in [0.4, 0.5) is 21.6 Å².